The predicted octanol–water partition coefficient (Wildman–Crippen LogP) is 3.47. The van der Waals surface area contributed by atoms with Gasteiger partial charge < -0.3 is 5.11 Å². The van der Waals surface area contributed by atoms with Crippen LogP contribution in [0.25, 0.3) is 6.08 Å². The van der Waals surface area contributed by atoms with Gasteiger partial charge in [-0.3, -0.25) is 4.90 Å². The largest absolute Gasteiger partial charge is 0.478 e. The first-order valence-electron chi connectivity index (χ1n) is 6.65. The molecular formula is C15H21NO2S. The summed E-state index contributed by atoms with van der Waals surface area (Å²) in [5.74, 6) is -0.897. The summed E-state index contributed by atoms with van der Waals surface area (Å²) in [6, 6.07) is 2.09. The first-order chi connectivity index (χ1) is 8.94. The second-order valence-electron chi connectivity index (χ2n) is 5.96. The van der Waals surface area contributed by atoms with Gasteiger partial charge in [0, 0.05) is 17.5 Å². The average molecular weight is 279 g/mol. The molecular weight excluding hydrogens is 258 g/mol. The van der Waals surface area contributed by atoms with Gasteiger partial charge in [-0.1, -0.05) is 13.8 Å². The molecule has 1 aliphatic rings. The van der Waals surface area contributed by atoms with Crippen LogP contribution in [0, 0.1) is 5.41 Å². The van der Waals surface area contributed by atoms with Crippen molar-refractivity contribution in [3.63, 3.8) is 0 Å². The topological polar surface area (TPSA) is 40.5 Å². The van der Waals surface area contributed by atoms with E-state index < -0.39 is 5.97 Å². The fourth-order valence-corrected chi connectivity index (χ4v) is 3.17. The van der Waals surface area contributed by atoms with Crippen molar-refractivity contribution in [3.05, 3.63) is 28.0 Å². The molecule has 0 aromatic carbocycles. The number of likely N-dealkylation sites (tertiary alicyclic amines) is 1. The molecule has 19 heavy (non-hydrogen) atoms. The minimum absolute atomic E-state index is 0.487. The van der Waals surface area contributed by atoms with Crippen LogP contribution in [0.15, 0.2) is 17.5 Å². The molecule has 2 rings (SSSR count). The van der Waals surface area contributed by atoms with Crippen LogP contribution >= 0.6 is 11.3 Å². The lowest BCUT2D eigenvalue weighted by Gasteiger charge is -2.36. The third-order valence-corrected chi connectivity index (χ3v) is 4.62. The summed E-state index contributed by atoms with van der Waals surface area (Å²) >= 11 is 1.71. The van der Waals surface area contributed by atoms with Crippen LogP contribution in [0.3, 0.4) is 0 Å². The Morgan fingerprint density at radius 2 is 2.16 bits per heavy atom. The molecule has 1 fully saturated rings. The molecule has 0 amide bonds. The highest BCUT2D eigenvalue weighted by molar-refractivity contribution is 7.10. The number of hydrogen-bond acceptors (Lipinski definition) is 3. The number of carbonyl (C=O) groups is 1. The zero-order valence-electron chi connectivity index (χ0n) is 11.6. The van der Waals surface area contributed by atoms with E-state index in [9.17, 15) is 4.79 Å². The van der Waals surface area contributed by atoms with E-state index >= 15 is 0 Å². The number of nitrogens with zero attached hydrogens (tertiary/aromatic N) is 1. The molecule has 1 aromatic heterocycles. The zero-order chi connectivity index (χ0) is 13.9. The minimum atomic E-state index is -0.897. The maximum absolute atomic E-state index is 10.5. The molecule has 1 saturated heterocycles. The van der Waals surface area contributed by atoms with E-state index in [1.54, 1.807) is 17.4 Å². The molecule has 0 spiro atoms. The highest BCUT2D eigenvalue weighted by atomic mass is 32.1. The van der Waals surface area contributed by atoms with E-state index in [2.05, 4.69) is 24.8 Å². The molecule has 1 aromatic rings. The fraction of sp³-hybridized carbons (Fsp3) is 0.533. The van der Waals surface area contributed by atoms with Gasteiger partial charge >= 0.3 is 5.97 Å². The summed E-state index contributed by atoms with van der Waals surface area (Å²) in [5.41, 5.74) is 1.47. The minimum Gasteiger partial charge on any atom is -0.478 e. The van der Waals surface area contributed by atoms with E-state index in [1.807, 2.05) is 5.38 Å². The van der Waals surface area contributed by atoms with Crippen molar-refractivity contribution >= 4 is 23.4 Å². The molecule has 0 unspecified atom stereocenters. The molecule has 0 radical (unpaired) electrons. The van der Waals surface area contributed by atoms with E-state index in [1.165, 1.54) is 23.8 Å². The van der Waals surface area contributed by atoms with E-state index in [-0.39, 0.29) is 0 Å². The van der Waals surface area contributed by atoms with Crippen LogP contribution in [-0.2, 0) is 11.3 Å². The van der Waals surface area contributed by atoms with Gasteiger partial charge in [0.15, 0.2) is 0 Å². The maximum atomic E-state index is 10.5. The Morgan fingerprint density at radius 3 is 2.79 bits per heavy atom. The molecule has 0 atom stereocenters. The SMILES string of the molecule is CC1(C)CCN(Cc2cc(C=CC(=O)O)cs2)CC1. The van der Waals surface area contributed by atoms with Gasteiger partial charge in [-0.05, 0) is 54.4 Å². The van der Waals surface area contributed by atoms with Crippen molar-refractivity contribution in [1.82, 2.24) is 4.90 Å². The van der Waals surface area contributed by atoms with Gasteiger partial charge in [0.1, 0.15) is 0 Å². The summed E-state index contributed by atoms with van der Waals surface area (Å²) < 4.78 is 0. The second-order valence-corrected chi connectivity index (χ2v) is 6.95. The standard InChI is InChI=1S/C15H21NO2S/c1-15(2)5-7-16(8-6-15)10-13-9-12(11-19-13)3-4-14(17)18/h3-4,9,11H,5-8,10H2,1-2H3,(H,17,18). The van der Waals surface area contributed by atoms with Crippen molar-refractivity contribution in [1.29, 1.82) is 0 Å². The van der Waals surface area contributed by atoms with Crippen molar-refractivity contribution in [3.8, 4) is 0 Å². The summed E-state index contributed by atoms with van der Waals surface area (Å²) in [6.07, 6.45) is 5.35. The highest BCUT2D eigenvalue weighted by Crippen LogP contribution is 2.30. The molecule has 1 aliphatic heterocycles. The third-order valence-electron chi connectivity index (χ3n) is 3.68. The molecule has 104 valence electrons. The van der Waals surface area contributed by atoms with Crippen LogP contribution in [0.4, 0.5) is 0 Å². The molecule has 4 heteroatoms. The Kier molecular flexibility index (Phi) is 4.42. The van der Waals surface area contributed by atoms with Gasteiger partial charge in [-0.15, -0.1) is 11.3 Å². The van der Waals surface area contributed by atoms with Crippen LogP contribution < -0.4 is 0 Å². The molecule has 3 nitrogen and oxygen atoms in total. The number of carboxylic acid groups (broad SMARTS) is 1. The number of thiophene rings is 1. The average Bonchev–Trinajstić information content (AvgIpc) is 2.77. The smallest absolute Gasteiger partial charge is 0.328 e. The Labute approximate surface area is 118 Å². The first-order valence-corrected chi connectivity index (χ1v) is 7.53. The number of rotatable bonds is 4. The second kappa shape index (κ2) is 5.88. The van der Waals surface area contributed by atoms with Gasteiger partial charge in [-0.2, -0.15) is 0 Å². The number of aliphatic carboxylic acids is 1. The van der Waals surface area contributed by atoms with E-state index in [4.69, 9.17) is 5.11 Å². The predicted molar refractivity (Wildman–Crippen MR) is 79.3 cm³/mol. The third kappa shape index (κ3) is 4.48. The number of piperidine rings is 1. The molecule has 1 N–H and O–H groups in total. The molecule has 0 aliphatic carbocycles. The van der Waals surface area contributed by atoms with E-state index in [0.29, 0.717) is 5.41 Å². The van der Waals surface area contributed by atoms with Crippen LogP contribution in [0.1, 0.15) is 37.1 Å². The Balaban J connectivity index is 1.88. The lowest BCUT2D eigenvalue weighted by Crippen LogP contribution is -2.36. The normalized spacial score (nSPS) is 19.9. The quantitative estimate of drug-likeness (QED) is 0.858. The van der Waals surface area contributed by atoms with Crippen LogP contribution in [0.5, 0.6) is 0 Å². The van der Waals surface area contributed by atoms with Crippen LogP contribution in [-0.4, -0.2) is 29.1 Å². The molecule has 2 heterocycles. The summed E-state index contributed by atoms with van der Waals surface area (Å²) in [4.78, 5) is 14.3. The monoisotopic (exact) mass is 279 g/mol. The van der Waals surface area contributed by atoms with Crippen molar-refractivity contribution in [2.75, 3.05) is 13.1 Å². The van der Waals surface area contributed by atoms with Crippen LogP contribution in [0.2, 0.25) is 0 Å². The number of hydrogen-bond donors (Lipinski definition) is 1. The molecule has 0 bridgehead atoms. The molecule has 0 saturated carbocycles. The Hall–Kier alpha value is -1.13. The van der Waals surface area contributed by atoms with Gasteiger partial charge in [0.05, 0.1) is 0 Å². The van der Waals surface area contributed by atoms with Gasteiger partial charge in [0.25, 0.3) is 0 Å². The lowest BCUT2D eigenvalue weighted by molar-refractivity contribution is -0.131. The van der Waals surface area contributed by atoms with Crippen molar-refractivity contribution < 1.29 is 9.90 Å². The van der Waals surface area contributed by atoms with E-state index in [0.717, 1.165) is 25.2 Å². The van der Waals surface area contributed by atoms with Gasteiger partial charge in [-0.25, -0.2) is 4.79 Å². The maximum Gasteiger partial charge on any atom is 0.328 e. The van der Waals surface area contributed by atoms with Gasteiger partial charge in [0.2, 0.25) is 0 Å². The number of carboxylic acids is 1. The Morgan fingerprint density at radius 1 is 1.47 bits per heavy atom. The Bertz CT molecular complexity index is 466. The lowest BCUT2D eigenvalue weighted by atomic mass is 9.83. The summed E-state index contributed by atoms with van der Waals surface area (Å²) in [5, 5.41) is 10.6. The summed E-state index contributed by atoms with van der Waals surface area (Å²) in [6.45, 7) is 7.98. The zero-order valence-corrected chi connectivity index (χ0v) is 12.4. The fourth-order valence-electron chi connectivity index (χ4n) is 2.27. The van der Waals surface area contributed by atoms with Crippen molar-refractivity contribution in [2.45, 2.75) is 33.2 Å². The first kappa shape index (κ1) is 14.3. The summed E-state index contributed by atoms with van der Waals surface area (Å²) in [7, 11) is 0. The van der Waals surface area contributed by atoms with Crippen molar-refractivity contribution in [2.24, 2.45) is 5.41 Å². The highest BCUT2D eigenvalue weighted by Gasteiger charge is 2.25.